The molecule has 0 saturated heterocycles. The van der Waals surface area contributed by atoms with Crippen LogP contribution in [-0.2, 0) is 10.0 Å². The lowest BCUT2D eigenvalue weighted by atomic mass is 10.2. The third kappa shape index (κ3) is 3.67. The molecular weight excluding hydrogens is 262 g/mol. The number of unbranched alkanes of at least 4 members (excludes halogenated alkanes) is 1. The number of rotatable bonds is 7. The second-order valence-corrected chi connectivity index (χ2v) is 6.50. The van der Waals surface area contributed by atoms with Crippen molar-refractivity contribution in [1.29, 1.82) is 0 Å². The number of nitrogen functional groups attached to an aromatic ring is 1. The Labute approximate surface area is 115 Å². The number of anilines is 1. The third-order valence-electron chi connectivity index (χ3n) is 3.22. The van der Waals surface area contributed by atoms with Gasteiger partial charge in [-0.05, 0) is 25.8 Å². The van der Waals surface area contributed by atoms with E-state index in [2.05, 4.69) is 4.98 Å². The molecule has 0 aliphatic heterocycles. The number of aromatic nitrogens is 1. The van der Waals surface area contributed by atoms with Gasteiger partial charge in [-0.25, -0.2) is 8.42 Å². The Morgan fingerprint density at radius 3 is 2.63 bits per heavy atom. The smallest absolute Gasteiger partial charge is 0.246 e. The van der Waals surface area contributed by atoms with E-state index in [-0.39, 0.29) is 16.6 Å². The predicted molar refractivity (Wildman–Crippen MR) is 77.2 cm³/mol. The van der Waals surface area contributed by atoms with Crippen molar-refractivity contribution in [2.24, 2.45) is 0 Å². The Morgan fingerprint density at radius 2 is 2.11 bits per heavy atom. The van der Waals surface area contributed by atoms with Crippen molar-refractivity contribution in [2.45, 2.75) is 51.0 Å². The summed E-state index contributed by atoms with van der Waals surface area (Å²) in [7, 11) is -3.57. The minimum absolute atomic E-state index is 0.0452. The van der Waals surface area contributed by atoms with E-state index in [1.807, 2.05) is 20.8 Å². The largest absolute Gasteiger partial charge is 0.398 e. The lowest BCUT2D eigenvalue weighted by molar-refractivity contribution is 0.324. The van der Waals surface area contributed by atoms with Crippen LogP contribution in [0.1, 0.15) is 40.0 Å². The lowest BCUT2D eigenvalue weighted by Gasteiger charge is -2.27. The van der Waals surface area contributed by atoms with Gasteiger partial charge >= 0.3 is 0 Å². The molecule has 0 fully saturated rings. The van der Waals surface area contributed by atoms with E-state index in [0.29, 0.717) is 6.54 Å². The Balaban J connectivity index is 3.16. The highest BCUT2D eigenvalue weighted by Crippen LogP contribution is 2.24. The normalized spacial score (nSPS) is 13.7. The van der Waals surface area contributed by atoms with E-state index in [1.165, 1.54) is 22.8 Å². The number of hydrogen-bond donors (Lipinski definition) is 1. The predicted octanol–water partition coefficient (Wildman–Crippen LogP) is 2.25. The summed E-state index contributed by atoms with van der Waals surface area (Å²) in [6.07, 6.45) is 5.37. The average Bonchev–Trinajstić information content (AvgIpc) is 2.38. The number of hydrogen-bond acceptors (Lipinski definition) is 4. The molecular formula is C13H23N3O2S. The summed E-state index contributed by atoms with van der Waals surface area (Å²) in [6.45, 7) is 6.45. The van der Waals surface area contributed by atoms with Crippen LogP contribution in [0.2, 0.25) is 0 Å². The maximum atomic E-state index is 12.7. The number of nitrogens with two attached hydrogens (primary N) is 1. The van der Waals surface area contributed by atoms with Gasteiger partial charge in [-0.15, -0.1) is 0 Å². The number of pyridine rings is 1. The third-order valence-corrected chi connectivity index (χ3v) is 5.27. The van der Waals surface area contributed by atoms with Crippen LogP contribution in [0.15, 0.2) is 23.4 Å². The summed E-state index contributed by atoms with van der Waals surface area (Å²) in [5.74, 6) is 0. The molecule has 0 spiro atoms. The maximum Gasteiger partial charge on any atom is 0.246 e. The second-order valence-electron chi connectivity index (χ2n) is 4.64. The summed E-state index contributed by atoms with van der Waals surface area (Å²) in [4.78, 5) is 3.98. The zero-order valence-corrected chi connectivity index (χ0v) is 12.7. The van der Waals surface area contributed by atoms with E-state index in [4.69, 9.17) is 5.73 Å². The van der Waals surface area contributed by atoms with Crippen LogP contribution < -0.4 is 5.73 Å². The molecule has 0 saturated carbocycles. The Bertz CT molecular complexity index is 502. The fraction of sp³-hybridized carbons (Fsp3) is 0.615. The molecule has 1 atom stereocenters. The van der Waals surface area contributed by atoms with E-state index < -0.39 is 10.0 Å². The Kier molecular flexibility index (Phi) is 5.75. The van der Waals surface area contributed by atoms with Gasteiger partial charge in [-0.3, -0.25) is 4.98 Å². The first kappa shape index (κ1) is 15.9. The molecule has 19 heavy (non-hydrogen) atoms. The van der Waals surface area contributed by atoms with E-state index >= 15 is 0 Å². The quantitative estimate of drug-likeness (QED) is 0.833. The van der Waals surface area contributed by atoms with Crippen LogP contribution in [0.4, 0.5) is 5.69 Å². The van der Waals surface area contributed by atoms with Gasteiger partial charge in [0.1, 0.15) is 4.90 Å². The number of nitrogens with zero attached hydrogens (tertiary/aromatic N) is 2. The van der Waals surface area contributed by atoms with Crippen molar-refractivity contribution in [3.05, 3.63) is 18.5 Å². The first-order valence-corrected chi connectivity index (χ1v) is 8.10. The molecule has 1 aromatic rings. The molecule has 0 radical (unpaired) electrons. The van der Waals surface area contributed by atoms with Gasteiger partial charge in [-0.2, -0.15) is 4.31 Å². The first-order chi connectivity index (χ1) is 8.95. The summed E-state index contributed by atoms with van der Waals surface area (Å²) < 4.78 is 26.9. The van der Waals surface area contributed by atoms with Gasteiger partial charge in [0.05, 0.1) is 5.69 Å². The molecule has 1 heterocycles. The lowest BCUT2D eigenvalue weighted by Crippen LogP contribution is -2.39. The SMILES string of the molecule is CCCCN(C(C)CC)S(=O)(=O)c1cnccc1N. The van der Waals surface area contributed by atoms with Crippen molar-refractivity contribution in [3.63, 3.8) is 0 Å². The molecule has 0 amide bonds. The zero-order valence-electron chi connectivity index (χ0n) is 11.8. The maximum absolute atomic E-state index is 12.7. The topological polar surface area (TPSA) is 76.3 Å². The number of sulfonamides is 1. The van der Waals surface area contributed by atoms with Gasteiger partial charge in [0.25, 0.3) is 0 Å². The van der Waals surface area contributed by atoms with Crippen LogP contribution in [-0.4, -0.2) is 30.3 Å². The van der Waals surface area contributed by atoms with Crippen LogP contribution in [0, 0.1) is 0 Å². The fourth-order valence-corrected chi connectivity index (χ4v) is 3.63. The van der Waals surface area contributed by atoms with Crippen LogP contribution in [0.5, 0.6) is 0 Å². The minimum atomic E-state index is -3.57. The molecule has 108 valence electrons. The van der Waals surface area contributed by atoms with Crippen LogP contribution >= 0.6 is 0 Å². The first-order valence-electron chi connectivity index (χ1n) is 6.66. The highest BCUT2D eigenvalue weighted by molar-refractivity contribution is 7.89. The standard InChI is InChI=1S/C13H23N3O2S/c1-4-6-9-16(11(3)5-2)19(17,18)13-10-15-8-7-12(13)14/h7-8,10-11H,4-6,9H2,1-3H3,(H2,14,15). The van der Waals surface area contributed by atoms with Crippen LogP contribution in [0.3, 0.4) is 0 Å². The summed E-state index contributed by atoms with van der Waals surface area (Å²) in [6, 6.07) is 1.47. The van der Waals surface area contributed by atoms with Gasteiger partial charge in [0, 0.05) is 25.0 Å². The molecule has 6 heteroatoms. The summed E-state index contributed by atoms with van der Waals surface area (Å²) in [5.41, 5.74) is 6.02. The van der Waals surface area contributed by atoms with Crippen molar-refractivity contribution in [1.82, 2.24) is 9.29 Å². The van der Waals surface area contributed by atoms with Crippen molar-refractivity contribution in [2.75, 3.05) is 12.3 Å². The highest BCUT2D eigenvalue weighted by Gasteiger charge is 2.29. The van der Waals surface area contributed by atoms with E-state index in [0.717, 1.165) is 19.3 Å². The molecule has 0 aromatic carbocycles. The van der Waals surface area contributed by atoms with Gasteiger partial charge < -0.3 is 5.73 Å². The van der Waals surface area contributed by atoms with Gasteiger partial charge in [0.15, 0.2) is 0 Å². The Hall–Kier alpha value is -1.14. The Morgan fingerprint density at radius 1 is 1.42 bits per heavy atom. The molecule has 2 N–H and O–H groups in total. The molecule has 1 rings (SSSR count). The second kappa shape index (κ2) is 6.86. The molecule has 1 aromatic heterocycles. The molecule has 5 nitrogen and oxygen atoms in total. The van der Waals surface area contributed by atoms with Crippen molar-refractivity contribution < 1.29 is 8.42 Å². The van der Waals surface area contributed by atoms with Gasteiger partial charge in [-0.1, -0.05) is 20.3 Å². The fourth-order valence-electron chi connectivity index (χ4n) is 1.83. The van der Waals surface area contributed by atoms with E-state index in [9.17, 15) is 8.42 Å². The zero-order chi connectivity index (χ0) is 14.5. The summed E-state index contributed by atoms with van der Waals surface area (Å²) in [5, 5.41) is 0. The average molecular weight is 285 g/mol. The van der Waals surface area contributed by atoms with E-state index in [1.54, 1.807) is 0 Å². The van der Waals surface area contributed by atoms with Crippen molar-refractivity contribution in [3.8, 4) is 0 Å². The summed E-state index contributed by atoms with van der Waals surface area (Å²) >= 11 is 0. The molecule has 0 aliphatic rings. The molecule has 0 aliphatic carbocycles. The molecule has 0 bridgehead atoms. The van der Waals surface area contributed by atoms with Crippen molar-refractivity contribution >= 4 is 15.7 Å². The van der Waals surface area contributed by atoms with Crippen LogP contribution in [0.25, 0.3) is 0 Å². The van der Waals surface area contributed by atoms with Gasteiger partial charge in [0.2, 0.25) is 10.0 Å². The highest BCUT2D eigenvalue weighted by atomic mass is 32.2. The minimum Gasteiger partial charge on any atom is -0.398 e. The molecule has 1 unspecified atom stereocenters. The monoisotopic (exact) mass is 285 g/mol.